The van der Waals surface area contributed by atoms with Crippen LogP contribution in [0.4, 0.5) is 0 Å². The quantitative estimate of drug-likeness (QED) is 0.150. The molecule has 8 heteroatoms. The van der Waals surface area contributed by atoms with E-state index in [9.17, 15) is 20.1 Å². The third kappa shape index (κ3) is 5.76. The number of nitrogens with zero attached hydrogens (tertiary/aromatic N) is 1. The molecule has 0 unspecified atom stereocenters. The first kappa shape index (κ1) is 26.6. The van der Waals surface area contributed by atoms with Gasteiger partial charge in [-0.1, -0.05) is 48.5 Å². The molecule has 0 fully saturated rings. The van der Waals surface area contributed by atoms with E-state index in [4.69, 9.17) is 14.3 Å². The van der Waals surface area contributed by atoms with Gasteiger partial charge in [0.25, 0.3) is 0 Å². The summed E-state index contributed by atoms with van der Waals surface area (Å²) < 4.78 is 11.8. The summed E-state index contributed by atoms with van der Waals surface area (Å²) in [6.45, 7) is 4.93. The Morgan fingerprint density at radius 2 is 1.16 bits per heavy atom. The van der Waals surface area contributed by atoms with Gasteiger partial charge in [-0.15, -0.1) is 4.73 Å². The summed E-state index contributed by atoms with van der Waals surface area (Å²) in [6, 6.07) is 24.5. The third-order valence-corrected chi connectivity index (χ3v) is 6.15. The smallest absolute Gasteiger partial charge is 0.333 e. The highest BCUT2D eigenvalue weighted by Crippen LogP contribution is 2.38. The molecule has 4 rings (SSSR count). The lowest BCUT2D eigenvalue weighted by Crippen LogP contribution is -2.28. The van der Waals surface area contributed by atoms with E-state index in [0.717, 1.165) is 5.56 Å². The number of rotatable bonds is 11. The lowest BCUT2D eigenvalue weighted by molar-refractivity contribution is -0.145. The van der Waals surface area contributed by atoms with Gasteiger partial charge in [0, 0.05) is 12.1 Å². The zero-order chi connectivity index (χ0) is 27.1. The van der Waals surface area contributed by atoms with Gasteiger partial charge in [-0.3, -0.25) is 0 Å². The Morgan fingerprint density at radius 3 is 1.58 bits per heavy atom. The number of aromatic nitrogens is 1. The van der Waals surface area contributed by atoms with Crippen LogP contribution in [0, 0.1) is 0 Å². The first-order chi connectivity index (χ1) is 18.3. The fourth-order valence-electron chi connectivity index (χ4n) is 4.22. The molecule has 0 amide bonds. The molecule has 0 spiro atoms. The van der Waals surface area contributed by atoms with E-state index < -0.39 is 11.6 Å². The highest BCUT2D eigenvalue weighted by Gasteiger charge is 2.34. The van der Waals surface area contributed by atoms with Crippen molar-refractivity contribution in [2.75, 3.05) is 13.2 Å². The van der Waals surface area contributed by atoms with Crippen LogP contribution in [-0.4, -0.2) is 39.2 Å². The Hall–Kier alpha value is -4.43. The molecule has 0 saturated carbocycles. The topological polar surface area (TPSA) is 110 Å². The van der Waals surface area contributed by atoms with Crippen molar-refractivity contribution in [3.8, 4) is 23.3 Å². The molecule has 1 aromatic heterocycles. The van der Waals surface area contributed by atoms with Crippen molar-refractivity contribution in [1.82, 2.24) is 4.73 Å². The minimum Gasteiger partial charge on any atom is -0.494 e. The summed E-state index contributed by atoms with van der Waals surface area (Å²) in [7, 11) is 0. The van der Waals surface area contributed by atoms with E-state index in [1.807, 2.05) is 86.6 Å². The van der Waals surface area contributed by atoms with Crippen molar-refractivity contribution in [2.24, 2.45) is 0 Å². The molecule has 38 heavy (non-hydrogen) atoms. The van der Waals surface area contributed by atoms with E-state index in [1.165, 1.54) is 12.1 Å². The Balaban J connectivity index is 1.57. The number of carbonyl (C=O) groups excluding carboxylic acids is 1. The van der Waals surface area contributed by atoms with Gasteiger partial charge in [-0.25, -0.2) is 4.79 Å². The fraction of sp³-hybridized carbons (Fsp3) is 0.233. The lowest BCUT2D eigenvalue weighted by atomic mass is 9.80. The maximum atomic E-state index is 12.2. The third-order valence-electron chi connectivity index (χ3n) is 6.15. The average Bonchev–Trinajstić information content (AvgIpc) is 3.25. The summed E-state index contributed by atoms with van der Waals surface area (Å²) >= 11 is 0. The van der Waals surface area contributed by atoms with Crippen molar-refractivity contribution in [3.05, 3.63) is 107 Å². The van der Waals surface area contributed by atoms with Crippen molar-refractivity contribution >= 4 is 5.97 Å². The molecule has 3 N–H and O–H groups in total. The standard InChI is InChI=1S/C30H31NO7/c1-3-36-25-14-10-23(11-15-25)30(35,24-12-16-26(17-13-24)37-4-2)22-8-5-21(6-9-22)7-20-29(34)38-31-27(32)18-19-28(31)33/h5-6,8-19,32-33,35H,3-4,7,20H2,1-2H3/i1+1,2+1,3+1,4+1,36+2,37+2. The van der Waals surface area contributed by atoms with E-state index in [0.29, 0.717) is 52.6 Å². The van der Waals surface area contributed by atoms with Gasteiger partial charge in [0.15, 0.2) is 0 Å². The van der Waals surface area contributed by atoms with E-state index >= 15 is 0 Å². The van der Waals surface area contributed by atoms with Gasteiger partial charge in [-0.2, -0.15) is 0 Å². The molecule has 3 aromatic carbocycles. The van der Waals surface area contributed by atoms with Crippen LogP contribution < -0.4 is 14.3 Å². The van der Waals surface area contributed by atoms with Crippen LogP contribution >= 0.6 is 0 Å². The van der Waals surface area contributed by atoms with Crippen LogP contribution in [-0.2, 0) is 16.8 Å². The number of carbonyl (C=O) groups is 1. The first-order valence-corrected chi connectivity index (χ1v) is 12.4. The van der Waals surface area contributed by atoms with Crippen LogP contribution in [0.5, 0.6) is 23.3 Å². The second kappa shape index (κ2) is 11.7. The summed E-state index contributed by atoms with van der Waals surface area (Å²) in [6.07, 6.45) is 0.394. The fourth-order valence-corrected chi connectivity index (χ4v) is 4.22. The maximum Gasteiger partial charge on any atom is 0.333 e. The molecule has 0 aliphatic carbocycles. The van der Waals surface area contributed by atoms with Gasteiger partial charge < -0.3 is 29.6 Å². The van der Waals surface area contributed by atoms with Crippen molar-refractivity contribution in [3.63, 3.8) is 0 Å². The molecule has 0 radical (unpaired) electrons. The number of hydrogen-bond acceptors (Lipinski definition) is 7. The molecule has 8 nitrogen and oxygen atoms in total. The first-order valence-electron chi connectivity index (χ1n) is 12.4. The Kier molecular flexibility index (Phi) is 8.23. The number of hydrogen-bond donors (Lipinski definition) is 3. The Bertz CT molecular complexity index is 1270. The monoisotopic (exact) mass is 525 g/mol. The van der Waals surface area contributed by atoms with E-state index in [-0.39, 0.29) is 18.2 Å². The highest BCUT2D eigenvalue weighted by atomic mass is 18.4. The minimum atomic E-state index is -1.45. The van der Waals surface area contributed by atoms with Crippen molar-refractivity contribution in [1.29, 1.82) is 0 Å². The molecule has 1 heterocycles. The van der Waals surface area contributed by atoms with Gasteiger partial charge >= 0.3 is 5.97 Å². The van der Waals surface area contributed by atoms with Crippen LogP contribution in [0.2, 0.25) is 0 Å². The molecule has 198 valence electrons. The minimum absolute atomic E-state index is 0.0262. The number of benzene rings is 3. The van der Waals surface area contributed by atoms with Gasteiger partial charge in [0.05, 0.1) is 19.6 Å². The Labute approximate surface area is 221 Å². The number of ether oxygens (including phenoxy) is 2. The lowest BCUT2D eigenvalue weighted by Gasteiger charge is -2.30. The van der Waals surface area contributed by atoms with Crippen molar-refractivity contribution < 1.29 is 34.4 Å². The van der Waals surface area contributed by atoms with Crippen LogP contribution in [0.1, 0.15) is 42.5 Å². The predicted molar refractivity (Wildman–Crippen MR) is 141 cm³/mol. The second-order valence-electron chi connectivity index (χ2n) is 8.63. The van der Waals surface area contributed by atoms with Crippen LogP contribution in [0.25, 0.3) is 0 Å². The average molecular weight is 526 g/mol. The predicted octanol–water partition coefficient (Wildman–Crippen LogP) is 4.57. The molecular formula is C30H31NO7. The second-order valence-corrected chi connectivity index (χ2v) is 8.63. The summed E-state index contributed by atoms with van der Waals surface area (Å²) in [5.74, 6) is 0.0745. The van der Waals surface area contributed by atoms with E-state index in [1.54, 1.807) is 0 Å². The van der Waals surface area contributed by atoms with Crippen LogP contribution in [0.15, 0.2) is 84.9 Å². The van der Waals surface area contributed by atoms with Gasteiger partial charge in [-0.05, 0) is 66.8 Å². The largest absolute Gasteiger partial charge is 0.494 e. The summed E-state index contributed by atoms with van der Waals surface area (Å²) in [4.78, 5) is 17.2. The van der Waals surface area contributed by atoms with Crippen molar-refractivity contribution in [2.45, 2.75) is 32.3 Å². The molecule has 0 aliphatic rings. The molecule has 4 aromatic rings. The normalized spacial score (nSPS) is 11.2. The number of aryl methyl sites for hydroxylation is 1. The van der Waals surface area contributed by atoms with Gasteiger partial charge in [0.2, 0.25) is 11.8 Å². The highest BCUT2D eigenvalue weighted by molar-refractivity contribution is 5.70. The SMILES string of the molecule is [13CH3][13CH2][18O]c1ccc(C(O)(c2ccc(CCC(=O)On3c(O)ccc3O)cc2)c2ccc([18O][13CH2][13CH3])cc2)cc1. The molecule has 0 aliphatic heterocycles. The number of aliphatic hydroxyl groups is 1. The Morgan fingerprint density at radius 1 is 0.737 bits per heavy atom. The molecule has 0 atom stereocenters. The zero-order valence-corrected chi connectivity index (χ0v) is 21.3. The molecule has 0 saturated heterocycles. The molecule has 0 bridgehead atoms. The number of aromatic hydroxyl groups is 2. The van der Waals surface area contributed by atoms with E-state index in [2.05, 4.69) is 0 Å². The van der Waals surface area contributed by atoms with Gasteiger partial charge in [0.1, 0.15) is 17.1 Å². The maximum absolute atomic E-state index is 12.2. The zero-order valence-electron chi connectivity index (χ0n) is 21.3. The van der Waals surface area contributed by atoms with Crippen LogP contribution in [0.3, 0.4) is 0 Å². The summed E-state index contributed by atoms with van der Waals surface area (Å²) in [5, 5.41) is 31.4. The summed E-state index contributed by atoms with van der Waals surface area (Å²) in [5.41, 5.74) is 1.41. The molecular weight excluding hydrogens is 494 g/mol.